The third kappa shape index (κ3) is 4.91. The van der Waals surface area contributed by atoms with Crippen LogP contribution in [0.4, 0.5) is 0 Å². The fourth-order valence-electron chi connectivity index (χ4n) is 1.63. The van der Waals surface area contributed by atoms with E-state index in [4.69, 9.17) is 15.2 Å². The molecule has 4 heteroatoms. The molecular formula is C15H23NO3. The minimum Gasteiger partial charge on any atom is -0.491 e. The Morgan fingerprint density at radius 1 is 1.26 bits per heavy atom. The average Bonchev–Trinajstić information content (AvgIpc) is 2.44. The normalized spacial score (nSPS) is 13.7. The van der Waals surface area contributed by atoms with Gasteiger partial charge in [-0.2, -0.15) is 0 Å². The molecule has 0 bridgehead atoms. The first-order valence-corrected chi connectivity index (χ1v) is 6.73. The third-order valence-electron chi connectivity index (χ3n) is 3.08. The van der Waals surface area contributed by atoms with Crippen LogP contribution in [0.2, 0.25) is 0 Å². The lowest BCUT2D eigenvalue weighted by Gasteiger charge is -2.13. The Kier molecular flexibility index (Phi) is 6.36. The maximum atomic E-state index is 11.3. The fraction of sp³-hybridized carbons (Fsp3) is 0.533. The SMILES string of the molecule is CCOC(=O)C(N)COc1ccc(C(C)CC)cc1. The molecule has 0 saturated heterocycles. The van der Waals surface area contributed by atoms with E-state index in [1.807, 2.05) is 24.3 Å². The van der Waals surface area contributed by atoms with Crippen LogP contribution in [0.25, 0.3) is 0 Å². The maximum Gasteiger partial charge on any atom is 0.326 e. The summed E-state index contributed by atoms with van der Waals surface area (Å²) in [5.41, 5.74) is 6.93. The van der Waals surface area contributed by atoms with E-state index < -0.39 is 12.0 Å². The van der Waals surface area contributed by atoms with Gasteiger partial charge in [-0.25, -0.2) is 0 Å². The first-order valence-electron chi connectivity index (χ1n) is 6.73. The van der Waals surface area contributed by atoms with Gasteiger partial charge in [0.05, 0.1) is 6.61 Å². The smallest absolute Gasteiger partial charge is 0.326 e. The predicted octanol–water partition coefficient (Wildman–Crippen LogP) is 2.47. The Morgan fingerprint density at radius 2 is 1.89 bits per heavy atom. The molecule has 0 aliphatic rings. The highest BCUT2D eigenvalue weighted by Crippen LogP contribution is 2.21. The van der Waals surface area contributed by atoms with Crippen molar-refractivity contribution in [3.05, 3.63) is 29.8 Å². The van der Waals surface area contributed by atoms with E-state index in [9.17, 15) is 4.79 Å². The number of nitrogens with two attached hydrogens (primary N) is 1. The van der Waals surface area contributed by atoms with Crippen molar-refractivity contribution < 1.29 is 14.3 Å². The van der Waals surface area contributed by atoms with Gasteiger partial charge in [0.15, 0.2) is 0 Å². The monoisotopic (exact) mass is 265 g/mol. The molecule has 2 N–H and O–H groups in total. The van der Waals surface area contributed by atoms with Crippen molar-refractivity contribution in [1.82, 2.24) is 0 Å². The number of benzene rings is 1. The van der Waals surface area contributed by atoms with Crippen LogP contribution in [0.15, 0.2) is 24.3 Å². The average molecular weight is 265 g/mol. The minimum atomic E-state index is -0.741. The van der Waals surface area contributed by atoms with Gasteiger partial charge in [0.25, 0.3) is 0 Å². The molecule has 0 aliphatic heterocycles. The summed E-state index contributed by atoms with van der Waals surface area (Å²) in [4.78, 5) is 11.3. The molecule has 2 atom stereocenters. The zero-order valence-corrected chi connectivity index (χ0v) is 11.9. The molecule has 0 fully saturated rings. The van der Waals surface area contributed by atoms with Crippen molar-refractivity contribution in [2.75, 3.05) is 13.2 Å². The highest BCUT2D eigenvalue weighted by Gasteiger charge is 2.15. The van der Waals surface area contributed by atoms with Crippen molar-refractivity contribution >= 4 is 5.97 Å². The number of esters is 1. The number of rotatable bonds is 7. The number of carbonyl (C=O) groups excluding carboxylic acids is 1. The molecule has 0 spiro atoms. The first-order chi connectivity index (χ1) is 9.08. The number of hydrogen-bond donors (Lipinski definition) is 1. The van der Waals surface area contributed by atoms with Gasteiger partial charge in [-0.3, -0.25) is 4.79 Å². The molecule has 0 radical (unpaired) electrons. The van der Waals surface area contributed by atoms with Crippen LogP contribution in [0.3, 0.4) is 0 Å². The standard InChI is InChI=1S/C15H23NO3/c1-4-11(3)12-6-8-13(9-7-12)19-10-14(16)15(17)18-5-2/h6-9,11,14H,4-5,10,16H2,1-3H3. The lowest BCUT2D eigenvalue weighted by molar-refractivity contribution is -0.145. The predicted molar refractivity (Wildman–Crippen MR) is 75.3 cm³/mol. The lowest BCUT2D eigenvalue weighted by Crippen LogP contribution is -2.37. The summed E-state index contributed by atoms with van der Waals surface area (Å²) in [5, 5.41) is 0. The topological polar surface area (TPSA) is 61.5 Å². The zero-order valence-electron chi connectivity index (χ0n) is 11.9. The van der Waals surface area contributed by atoms with E-state index in [-0.39, 0.29) is 6.61 Å². The maximum absolute atomic E-state index is 11.3. The summed E-state index contributed by atoms with van der Waals surface area (Å²) in [7, 11) is 0. The number of ether oxygens (including phenoxy) is 2. The molecule has 4 nitrogen and oxygen atoms in total. The molecule has 0 aliphatic carbocycles. The Balaban J connectivity index is 2.48. The molecule has 1 aromatic rings. The zero-order chi connectivity index (χ0) is 14.3. The summed E-state index contributed by atoms with van der Waals surface area (Å²) in [6.07, 6.45) is 1.11. The molecular weight excluding hydrogens is 242 g/mol. The molecule has 19 heavy (non-hydrogen) atoms. The number of hydrogen-bond acceptors (Lipinski definition) is 4. The van der Waals surface area contributed by atoms with Crippen LogP contribution >= 0.6 is 0 Å². The second-order valence-corrected chi connectivity index (χ2v) is 4.55. The van der Waals surface area contributed by atoms with Gasteiger partial charge in [-0.1, -0.05) is 26.0 Å². The van der Waals surface area contributed by atoms with Gasteiger partial charge >= 0.3 is 5.97 Å². The lowest BCUT2D eigenvalue weighted by atomic mass is 9.99. The van der Waals surface area contributed by atoms with E-state index in [0.29, 0.717) is 18.3 Å². The Labute approximate surface area is 114 Å². The quantitative estimate of drug-likeness (QED) is 0.769. The first kappa shape index (κ1) is 15.5. The van der Waals surface area contributed by atoms with Crippen LogP contribution in [0.1, 0.15) is 38.7 Å². The molecule has 0 amide bonds. The second kappa shape index (κ2) is 7.79. The van der Waals surface area contributed by atoms with Gasteiger partial charge in [-0.05, 0) is 37.0 Å². The molecule has 106 valence electrons. The summed E-state index contributed by atoms with van der Waals surface area (Å²) in [6.45, 7) is 6.55. The van der Waals surface area contributed by atoms with Gasteiger partial charge in [-0.15, -0.1) is 0 Å². The van der Waals surface area contributed by atoms with Crippen molar-refractivity contribution in [3.8, 4) is 5.75 Å². The van der Waals surface area contributed by atoms with Crippen LogP contribution in [-0.4, -0.2) is 25.2 Å². The molecule has 0 heterocycles. The fourth-order valence-corrected chi connectivity index (χ4v) is 1.63. The Morgan fingerprint density at radius 3 is 2.42 bits per heavy atom. The van der Waals surface area contributed by atoms with Gasteiger partial charge in [0.1, 0.15) is 18.4 Å². The summed E-state index contributed by atoms with van der Waals surface area (Å²) in [6, 6.07) is 7.14. The summed E-state index contributed by atoms with van der Waals surface area (Å²) >= 11 is 0. The van der Waals surface area contributed by atoms with Gasteiger partial charge in [0.2, 0.25) is 0 Å². The highest BCUT2D eigenvalue weighted by atomic mass is 16.5. The molecule has 0 aromatic heterocycles. The van der Waals surface area contributed by atoms with Crippen LogP contribution in [0.5, 0.6) is 5.75 Å². The van der Waals surface area contributed by atoms with Crippen molar-refractivity contribution in [2.45, 2.75) is 39.2 Å². The van der Waals surface area contributed by atoms with Crippen LogP contribution < -0.4 is 10.5 Å². The van der Waals surface area contributed by atoms with E-state index >= 15 is 0 Å². The molecule has 0 saturated carbocycles. The highest BCUT2D eigenvalue weighted by molar-refractivity contribution is 5.75. The summed E-state index contributed by atoms with van der Waals surface area (Å²) in [5.74, 6) is 0.821. The largest absolute Gasteiger partial charge is 0.491 e. The van der Waals surface area contributed by atoms with Crippen molar-refractivity contribution in [3.63, 3.8) is 0 Å². The minimum absolute atomic E-state index is 0.126. The van der Waals surface area contributed by atoms with Gasteiger partial charge < -0.3 is 15.2 Å². The van der Waals surface area contributed by atoms with E-state index in [1.54, 1.807) is 6.92 Å². The van der Waals surface area contributed by atoms with Gasteiger partial charge in [0, 0.05) is 0 Å². The van der Waals surface area contributed by atoms with E-state index in [0.717, 1.165) is 6.42 Å². The van der Waals surface area contributed by atoms with Crippen LogP contribution in [0, 0.1) is 0 Å². The molecule has 1 rings (SSSR count). The summed E-state index contributed by atoms with van der Waals surface area (Å²) < 4.78 is 10.3. The Bertz CT molecular complexity index is 389. The number of carbonyl (C=O) groups is 1. The Hall–Kier alpha value is -1.55. The van der Waals surface area contributed by atoms with E-state index in [2.05, 4.69) is 13.8 Å². The van der Waals surface area contributed by atoms with E-state index in [1.165, 1.54) is 5.56 Å². The third-order valence-corrected chi connectivity index (χ3v) is 3.08. The van der Waals surface area contributed by atoms with Crippen molar-refractivity contribution in [1.29, 1.82) is 0 Å². The second-order valence-electron chi connectivity index (χ2n) is 4.55. The van der Waals surface area contributed by atoms with Crippen LogP contribution in [-0.2, 0) is 9.53 Å². The van der Waals surface area contributed by atoms with Crippen molar-refractivity contribution in [2.24, 2.45) is 5.73 Å². The molecule has 1 aromatic carbocycles. The molecule has 2 unspecified atom stereocenters.